The Bertz CT molecular complexity index is 724. The lowest BCUT2D eigenvalue weighted by atomic mass is 9.78. The van der Waals surface area contributed by atoms with Gasteiger partial charge in [-0.15, -0.1) is 0 Å². The fourth-order valence-corrected chi connectivity index (χ4v) is 3.22. The first kappa shape index (κ1) is 20.4. The van der Waals surface area contributed by atoms with Gasteiger partial charge in [-0.05, 0) is 42.5 Å². The molecule has 27 heavy (non-hydrogen) atoms. The summed E-state index contributed by atoms with van der Waals surface area (Å²) >= 11 is 0. The molecule has 1 fully saturated rings. The second-order valence-electron chi connectivity index (χ2n) is 6.98. The summed E-state index contributed by atoms with van der Waals surface area (Å²) in [5.74, 6) is -0.350. The van der Waals surface area contributed by atoms with Gasteiger partial charge in [0.1, 0.15) is 6.42 Å². The van der Waals surface area contributed by atoms with Gasteiger partial charge in [-0.25, -0.2) is 4.79 Å². The first-order valence-corrected chi connectivity index (χ1v) is 9.14. The normalized spacial score (nSPS) is 21.6. The number of carbonyl (C=O) groups excluding carboxylic acids is 3. The number of rotatable bonds is 6. The Hall–Kier alpha value is -2.88. The maximum absolute atomic E-state index is 12.1. The van der Waals surface area contributed by atoms with E-state index in [1.165, 1.54) is 30.7 Å². The third-order valence-electron chi connectivity index (χ3n) is 5.03. The van der Waals surface area contributed by atoms with Gasteiger partial charge in [0.05, 0.1) is 11.6 Å². The Labute approximate surface area is 159 Å². The van der Waals surface area contributed by atoms with Crippen LogP contribution in [0.5, 0.6) is 0 Å². The minimum Gasteiger partial charge on any atom is -0.452 e. The molecular formula is C20H25N3O4. The second-order valence-corrected chi connectivity index (χ2v) is 6.98. The molecule has 1 aliphatic rings. The molecular weight excluding hydrogens is 346 g/mol. The van der Waals surface area contributed by atoms with Crippen LogP contribution in [0.15, 0.2) is 24.3 Å². The number of nitrogens with one attached hydrogen (secondary N) is 2. The number of ether oxygens (including phenoxy) is 1. The fourth-order valence-electron chi connectivity index (χ4n) is 3.22. The van der Waals surface area contributed by atoms with Crippen molar-refractivity contribution in [2.45, 2.75) is 45.6 Å². The zero-order valence-electron chi connectivity index (χ0n) is 15.7. The Morgan fingerprint density at radius 1 is 1.15 bits per heavy atom. The molecule has 0 bridgehead atoms. The summed E-state index contributed by atoms with van der Waals surface area (Å²) in [7, 11) is 0. The molecule has 1 aliphatic carbocycles. The van der Waals surface area contributed by atoms with Crippen molar-refractivity contribution in [2.24, 2.45) is 11.8 Å². The lowest BCUT2D eigenvalue weighted by Gasteiger charge is -2.34. The molecule has 0 radical (unpaired) electrons. The van der Waals surface area contributed by atoms with Crippen molar-refractivity contribution >= 4 is 23.5 Å². The number of anilines is 1. The standard InChI is InChI=1S/C20H25N3O4/c1-13-4-3-5-17(14(13)2)23-19(25)12-27-20(26)15-6-8-16(9-7-15)22-18(24)10-11-21/h6-9,13-14,17H,3-5,10,12H2,1-2H3,(H,22,24)(H,23,25)/t13-,14-,17+/m1/s1. The molecule has 1 aromatic rings. The van der Waals surface area contributed by atoms with E-state index < -0.39 is 11.9 Å². The zero-order chi connectivity index (χ0) is 19.8. The number of esters is 1. The zero-order valence-corrected chi connectivity index (χ0v) is 15.7. The molecule has 0 aliphatic heterocycles. The first-order valence-electron chi connectivity index (χ1n) is 9.14. The number of nitriles is 1. The van der Waals surface area contributed by atoms with Gasteiger partial charge in [0.25, 0.3) is 5.91 Å². The summed E-state index contributed by atoms with van der Waals surface area (Å²) in [6.07, 6.45) is 2.98. The van der Waals surface area contributed by atoms with Crippen LogP contribution < -0.4 is 10.6 Å². The Kier molecular flexibility index (Phi) is 7.35. The van der Waals surface area contributed by atoms with Gasteiger partial charge in [-0.2, -0.15) is 5.26 Å². The average Bonchev–Trinajstić information content (AvgIpc) is 2.64. The third-order valence-corrected chi connectivity index (χ3v) is 5.03. The van der Waals surface area contributed by atoms with Gasteiger partial charge < -0.3 is 15.4 Å². The van der Waals surface area contributed by atoms with Gasteiger partial charge in [-0.3, -0.25) is 9.59 Å². The van der Waals surface area contributed by atoms with Gasteiger partial charge in [0.15, 0.2) is 6.61 Å². The summed E-state index contributed by atoms with van der Waals surface area (Å²) in [4.78, 5) is 35.5. The van der Waals surface area contributed by atoms with E-state index in [2.05, 4.69) is 24.5 Å². The molecule has 2 rings (SSSR count). The summed E-state index contributed by atoms with van der Waals surface area (Å²) < 4.78 is 5.07. The van der Waals surface area contributed by atoms with Crippen LogP contribution in [0, 0.1) is 23.2 Å². The minimum atomic E-state index is -0.606. The Morgan fingerprint density at radius 2 is 1.85 bits per heavy atom. The van der Waals surface area contributed by atoms with Crippen LogP contribution >= 0.6 is 0 Å². The highest BCUT2D eigenvalue weighted by Gasteiger charge is 2.28. The number of amides is 2. The molecule has 7 heteroatoms. The van der Waals surface area contributed by atoms with Gasteiger partial charge >= 0.3 is 5.97 Å². The van der Waals surface area contributed by atoms with E-state index in [1.54, 1.807) is 6.07 Å². The molecule has 0 saturated heterocycles. The lowest BCUT2D eigenvalue weighted by molar-refractivity contribution is -0.125. The van der Waals surface area contributed by atoms with Crippen LogP contribution in [0.25, 0.3) is 0 Å². The van der Waals surface area contributed by atoms with E-state index in [9.17, 15) is 14.4 Å². The van der Waals surface area contributed by atoms with Crippen LogP contribution in [0.2, 0.25) is 0 Å². The van der Waals surface area contributed by atoms with Crippen molar-refractivity contribution in [3.05, 3.63) is 29.8 Å². The summed E-state index contributed by atoms with van der Waals surface area (Å²) in [6.45, 7) is 4.00. The predicted octanol–water partition coefficient (Wildman–Crippen LogP) is 2.64. The molecule has 0 heterocycles. The summed E-state index contributed by atoms with van der Waals surface area (Å²) in [5, 5.41) is 14.0. The van der Waals surface area contributed by atoms with Crippen molar-refractivity contribution in [1.82, 2.24) is 5.32 Å². The number of hydrogen-bond acceptors (Lipinski definition) is 5. The van der Waals surface area contributed by atoms with E-state index >= 15 is 0 Å². The molecule has 2 amide bonds. The van der Waals surface area contributed by atoms with Crippen molar-refractivity contribution in [3.63, 3.8) is 0 Å². The number of hydrogen-bond donors (Lipinski definition) is 2. The highest BCUT2D eigenvalue weighted by atomic mass is 16.5. The van der Waals surface area contributed by atoms with E-state index in [1.807, 2.05) is 0 Å². The first-order chi connectivity index (χ1) is 12.9. The van der Waals surface area contributed by atoms with Gasteiger partial charge in [0, 0.05) is 11.7 Å². The quantitative estimate of drug-likeness (QED) is 0.747. The molecule has 0 aromatic heterocycles. The van der Waals surface area contributed by atoms with Crippen molar-refractivity contribution < 1.29 is 19.1 Å². The Morgan fingerprint density at radius 3 is 2.52 bits per heavy atom. The maximum Gasteiger partial charge on any atom is 0.338 e. The van der Waals surface area contributed by atoms with E-state index in [0.29, 0.717) is 17.5 Å². The van der Waals surface area contributed by atoms with E-state index in [4.69, 9.17) is 10.00 Å². The minimum absolute atomic E-state index is 0.122. The van der Waals surface area contributed by atoms with Crippen molar-refractivity contribution in [2.75, 3.05) is 11.9 Å². The molecule has 2 N–H and O–H groups in total. The summed E-state index contributed by atoms with van der Waals surface area (Å²) in [5.41, 5.74) is 0.755. The largest absolute Gasteiger partial charge is 0.452 e. The molecule has 0 spiro atoms. The van der Waals surface area contributed by atoms with Crippen LogP contribution in [-0.4, -0.2) is 30.4 Å². The monoisotopic (exact) mass is 371 g/mol. The molecule has 0 unspecified atom stereocenters. The molecule has 1 aromatic carbocycles. The van der Waals surface area contributed by atoms with E-state index in [-0.39, 0.29) is 30.5 Å². The number of carbonyl (C=O) groups is 3. The smallest absolute Gasteiger partial charge is 0.338 e. The van der Waals surface area contributed by atoms with Gasteiger partial charge in [0.2, 0.25) is 5.91 Å². The number of benzene rings is 1. The third kappa shape index (κ3) is 6.10. The van der Waals surface area contributed by atoms with Gasteiger partial charge in [-0.1, -0.05) is 26.7 Å². The molecule has 144 valence electrons. The Balaban J connectivity index is 1.80. The maximum atomic E-state index is 12.1. The topological polar surface area (TPSA) is 108 Å². The second kappa shape index (κ2) is 9.72. The lowest BCUT2D eigenvalue weighted by Crippen LogP contribution is -2.45. The number of nitrogens with zero attached hydrogens (tertiary/aromatic N) is 1. The summed E-state index contributed by atoms with van der Waals surface area (Å²) in [6, 6.07) is 7.94. The van der Waals surface area contributed by atoms with Crippen molar-refractivity contribution in [1.29, 1.82) is 5.26 Å². The molecule has 3 atom stereocenters. The molecule has 7 nitrogen and oxygen atoms in total. The predicted molar refractivity (Wildman–Crippen MR) is 99.7 cm³/mol. The van der Waals surface area contributed by atoms with Crippen LogP contribution in [0.1, 0.15) is 49.9 Å². The highest BCUT2D eigenvalue weighted by molar-refractivity contribution is 5.94. The van der Waals surface area contributed by atoms with Crippen molar-refractivity contribution in [3.8, 4) is 6.07 Å². The highest BCUT2D eigenvalue weighted by Crippen LogP contribution is 2.29. The molecule has 1 saturated carbocycles. The SMILES string of the molecule is C[C@@H]1[C@H](C)CCC[C@@H]1NC(=O)COC(=O)c1ccc(NC(=O)CC#N)cc1. The van der Waals surface area contributed by atoms with E-state index in [0.717, 1.165) is 12.8 Å². The average molecular weight is 371 g/mol. The fraction of sp³-hybridized carbons (Fsp3) is 0.500. The van der Waals surface area contributed by atoms with Crippen LogP contribution in [-0.2, 0) is 14.3 Å². The van der Waals surface area contributed by atoms with Crippen LogP contribution in [0.4, 0.5) is 5.69 Å². The van der Waals surface area contributed by atoms with Crippen LogP contribution in [0.3, 0.4) is 0 Å².